The third-order valence-corrected chi connectivity index (χ3v) is 6.83. The molecule has 1 aromatic rings. The smallest absolute Gasteiger partial charge is 0.250 e. The number of nitrogens with one attached hydrogen (secondary N) is 3. The minimum absolute atomic E-state index is 0. The Labute approximate surface area is 166 Å². The Bertz CT molecular complexity index is 605. The van der Waals surface area contributed by atoms with Crippen molar-refractivity contribution in [3.63, 3.8) is 0 Å². The highest BCUT2D eigenvalue weighted by atomic mass is 127. The van der Waals surface area contributed by atoms with E-state index in [1.54, 1.807) is 24.6 Å². The third-order valence-electron chi connectivity index (χ3n) is 3.97. The maximum Gasteiger partial charge on any atom is 0.250 e. The molecule has 138 valence electrons. The molecule has 1 aliphatic carbocycles. The van der Waals surface area contributed by atoms with E-state index in [1.807, 2.05) is 0 Å². The number of aliphatic imine (C=N–C) groups is 1. The van der Waals surface area contributed by atoms with Crippen molar-refractivity contribution in [1.29, 1.82) is 0 Å². The van der Waals surface area contributed by atoms with Crippen LogP contribution >= 0.6 is 35.3 Å². The van der Waals surface area contributed by atoms with Gasteiger partial charge in [-0.3, -0.25) is 4.99 Å². The van der Waals surface area contributed by atoms with E-state index in [0.717, 1.165) is 24.7 Å². The van der Waals surface area contributed by atoms with Crippen LogP contribution in [0.25, 0.3) is 0 Å². The second kappa shape index (κ2) is 10.6. The predicted molar refractivity (Wildman–Crippen MR) is 111 cm³/mol. The molecule has 2 rings (SSSR count). The van der Waals surface area contributed by atoms with Crippen LogP contribution in [0.2, 0.25) is 0 Å². The average Bonchev–Trinajstić information content (AvgIpc) is 3.05. The number of halogens is 1. The summed E-state index contributed by atoms with van der Waals surface area (Å²) in [6.45, 7) is 3.10. The molecule has 1 aliphatic rings. The quantitative estimate of drug-likeness (QED) is 0.250. The highest BCUT2D eigenvalue weighted by molar-refractivity contribution is 14.0. The van der Waals surface area contributed by atoms with Gasteiger partial charge in [0, 0.05) is 26.2 Å². The maximum absolute atomic E-state index is 12.0. The van der Waals surface area contributed by atoms with E-state index in [9.17, 15) is 8.42 Å². The van der Waals surface area contributed by atoms with Crippen molar-refractivity contribution in [3.8, 4) is 0 Å². The molecule has 1 aromatic heterocycles. The minimum Gasteiger partial charge on any atom is -0.355 e. The van der Waals surface area contributed by atoms with Gasteiger partial charge in [0.15, 0.2) is 5.96 Å². The van der Waals surface area contributed by atoms with Gasteiger partial charge < -0.3 is 10.6 Å². The van der Waals surface area contributed by atoms with Crippen LogP contribution in [0.15, 0.2) is 26.7 Å². The van der Waals surface area contributed by atoms with Gasteiger partial charge in [-0.1, -0.05) is 25.8 Å². The van der Waals surface area contributed by atoms with Crippen molar-refractivity contribution in [3.05, 3.63) is 17.5 Å². The fourth-order valence-corrected chi connectivity index (χ4v) is 4.88. The first-order chi connectivity index (χ1) is 11.0. The van der Waals surface area contributed by atoms with Crippen molar-refractivity contribution < 1.29 is 8.42 Å². The van der Waals surface area contributed by atoms with E-state index in [1.165, 1.54) is 24.2 Å². The highest BCUT2D eigenvalue weighted by Crippen LogP contribution is 2.23. The highest BCUT2D eigenvalue weighted by Gasteiger charge is 2.19. The molecule has 1 fully saturated rings. The monoisotopic (exact) mass is 486 g/mol. The van der Waals surface area contributed by atoms with Gasteiger partial charge in [-0.15, -0.1) is 35.3 Å². The molecule has 0 aromatic carbocycles. The molecule has 2 unspecified atom stereocenters. The van der Waals surface area contributed by atoms with Gasteiger partial charge in [-0.05, 0) is 30.2 Å². The molecule has 2 atom stereocenters. The molecular weight excluding hydrogens is 459 g/mol. The molecule has 0 saturated heterocycles. The molecule has 0 amide bonds. The first kappa shape index (κ1) is 21.7. The number of sulfonamides is 1. The summed E-state index contributed by atoms with van der Waals surface area (Å²) in [5.74, 6) is 1.48. The average molecular weight is 486 g/mol. The van der Waals surface area contributed by atoms with Crippen LogP contribution < -0.4 is 15.4 Å². The minimum atomic E-state index is -3.39. The Hall–Kier alpha value is -0.390. The maximum atomic E-state index is 12.0. The predicted octanol–water partition coefficient (Wildman–Crippen LogP) is 2.39. The topological polar surface area (TPSA) is 82.6 Å². The van der Waals surface area contributed by atoms with E-state index in [0.29, 0.717) is 23.3 Å². The summed E-state index contributed by atoms with van der Waals surface area (Å²) in [4.78, 5) is 4.21. The van der Waals surface area contributed by atoms with E-state index in [2.05, 4.69) is 27.3 Å². The van der Waals surface area contributed by atoms with Crippen LogP contribution in [0.3, 0.4) is 0 Å². The zero-order valence-electron chi connectivity index (χ0n) is 14.1. The number of hydrogen-bond acceptors (Lipinski definition) is 4. The lowest BCUT2D eigenvalue weighted by Crippen LogP contribution is -2.46. The zero-order chi connectivity index (χ0) is 16.7. The van der Waals surface area contributed by atoms with Crippen LogP contribution in [0.1, 0.15) is 32.6 Å². The molecule has 1 saturated carbocycles. The van der Waals surface area contributed by atoms with Crippen LogP contribution in [0.4, 0.5) is 0 Å². The second-order valence-corrected chi connectivity index (χ2v) is 8.88. The van der Waals surface area contributed by atoms with Crippen molar-refractivity contribution in [2.75, 3.05) is 20.1 Å². The van der Waals surface area contributed by atoms with Crippen molar-refractivity contribution in [1.82, 2.24) is 15.4 Å². The van der Waals surface area contributed by atoms with E-state index < -0.39 is 10.0 Å². The van der Waals surface area contributed by atoms with Crippen LogP contribution in [0.5, 0.6) is 0 Å². The molecule has 6 nitrogen and oxygen atoms in total. The van der Waals surface area contributed by atoms with Gasteiger partial charge in [-0.25, -0.2) is 13.1 Å². The Morgan fingerprint density at radius 3 is 2.79 bits per heavy atom. The standard InChI is InChI=1S/C15H26N4O2S2.HI/c1-12-5-3-6-13(11-12)19-15(16-2)17-8-9-18-23(20,21)14-7-4-10-22-14;/h4,7,10,12-13,18H,3,5-6,8-9,11H2,1-2H3,(H2,16,17,19);1H. The van der Waals surface area contributed by atoms with Gasteiger partial charge in [0.05, 0.1) is 0 Å². The van der Waals surface area contributed by atoms with Crippen molar-refractivity contribution in [2.24, 2.45) is 10.9 Å². The Kier molecular flexibility index (Phi) is 9.53. The molecule has 24 heavy (non-hydrogen) atoms. The normalized spacial score (nSPS) is 21.8. The fourth-order valence-electron chi connectivity index (χ4n) is 2.81. The lowest BCUT2D eigenvalue weighted by Gasteiger charge is -2.28. The fraction of sp³-hybridized carbons (Fsp3) is 0.667. The molecule has 3 N–H and O–H groups in total. The molecular formula is C15H27IN4O2S2. The first-order valence-corrected chi connectivity index (χ1v) is 10.4. The van der Waals surface area contributed by atoms with Crippen LogP contribution in [-0.2, 0) is 10.0 Å². The lowest BCUT2D eigenvalue weighted by molar-refractivity contribution is 0.324. The molecule has 0 aliphatic heterocycles. The lowest BCUT2D eigenvalue weighted by atomic mass is 9.87. The second-order valence-electron chi connectivity index (χ2n) is 5.94. The summed E-state index contributed by atoms with van der Waals surface area (Å²) >= 11 is 1.22. The summed E-state index contributed by atoms with van der Waals surface area (Å²) in [6, 6.07) is 3.78. The Morgan fingerprint density at radius 2 is 2.17 bits per heavy atom. The van der Waals surface area contributed by atoms with Crippen molar-refractivity contribution in [2.45, 2.75) is 42.9 Å². The van der Waals surface area contributed by atoms with Gasteiger partial charge >= 0.3 is 0 Å². The third kappa shape index (κ3) is 6.85. The number of nitrogens with zero attached hydrogens (tertiary/aromatic N) is 1. The van der Waals surface area contributed by atoms with Crippen LogP contribution in [0, 0.1) is 5.92 Å². The van der Waals surface area contributed by atoms with Gasteiger partial charge in [0.2, 0.25) is 10.0 Å². The van der Waals surface area contributed by atoms with E-state index >= 15 is 0 Å². The van der Waals surface area contributed by atoms with E-state index in [-0.39, 0.29) is 24.0 Å². The largest absolute Gasteiger partial charge is 0.355 e. The van der Waals surface area contributed by atoms with Crippen molar-refractivity contribution >= 4 is 51.3 Å². The first-order valence-electron chi connectivity index (χ1n) is 8.01. The zero-order valence-corrected chi connectivity index (χ0v) is 18.1. The van der Waals surface area contributed by atoms with E-state index in [4.69, 9.17) is 0 Å². The molecule has 0 spiro atoms. The van der Waals surface area contributed by atoms with Gasteiger partial charge in [0.25, 0.3) is 0 Å². The Balaban J connectivity index is 0.00000288. The molecule has 1 heterocycles. The SMILES string of the molecule is CN=C(NCCNS(=O)(=O)c1cccs1)NC1CCCC(C)C1.I. The number of hydrogen-bond donors (Lipinski definition) is 3. The summed E-state index contributed by atoms with van der Waals surface area (Å²) in [5.41, 5.74) is 0. The molecule has 0 radical (unpaired) electrons. The summed E-state index contributed by atoms with van der Waals surface area (Å²) in [5, 5.41) is 8.34. The van der Waals surface area contributed by atoms with Gasteiger partial charge in [0.1, 0.15) is 4.21 Å². The summed E-state index contributed by atoms with van der Waals surface area (Å²) in [6.07, 6.45) is 4.87. The number of rotatable bonds is 6. The van der Waals surface area contributed by atoms with Gasteiger partial charge in [-0.2, -0.15) is 0 Å². The number of thiophene rings is 1. The number of guanidine groups is 1. The molecule has 9 heteroatoms. The molecule has 0 bridgehead atoms. The summed E-state index contributed by atoms with van der Waals surface area (Å²) in [7, 11) is -1.65. The Morgan fingerprint density at radius 1 is 1.38 bits per heavy atom. The van der Waals surface area contributed by atoms with Crippen LogP contribution in [-0.4, -0.2) is 40.6 Å². The summed E-state index contributed by atoms with van der Waals surface area (Å²) < 4.78 is 26.9.